The van der Waals surface area contributed by atoms with Crippen LogP contribution in [-0.4, -0.2) is 16.0 Å². The fourth-order valence-corrected chi connectivity index (χ4v) is 4.81. The molecular weight excluding hydrogens is 266 g/mol. The molecule has 3 atom stereocenters. The predicted octanol–water partition coefficient (Wildman–Crippen LogP) is 3.36. The van der Waals surface area contributed by atoms with E-state index in [-0.39, 0.29) is 5.25 Å². The van der Waals surface area contributed by atoms with Crippen molar-refractivity contribution in [1.29, 1.82) is 0 Å². The van der Waals surface area contributed by atoms with Gasteiger partial charge in [-0.1, -0.05) is 43.0 Å². The summed E-state index contributed by atoms with van der Waals surface area (Å²) in [5.41, 5.74) is 5.85. The van der Waals surface area contributed by atoms with Crippen LogP contribution in [0.2, 0.25) is 5.02 Å². The maximum atomic E-state index is 12.7. The van der Waals surface area contributed by atoms with Crippen molar-refractivity contribution in [3.8, 4) is 0 Å². The third-order valence-corrected chi connectivity index (χ3v) is 6.12. The molecule has 0 saturated heterocycles. The molecule has 0 radical (unpaired) electrons. The Balaban J connectivity index is 2.23. The van der Waals surface area contributed by atoms with Gasteiger partial charge in [0.15, 0.2) is 0 Å². The molecule has 18 heavy (non-hydrogen) atoms. The van der Waals surface area contributed by atoms with Gasteiger partial charge in [0.1, 0.15) is 0 Å². The highest BCUT2D eigenvalue weighted by Crippen LogP contribution is 2.31. The van der Waals surface area contributed by atoms with E-state index < -0.39 is 10.8 Å². The highest BCUT2D eigenvalue weighted by Gasteiger charge is 2.29. The fourth-order valence-electron chi connectivity index (χ4n) is 2.67. The molecule has 1 aliphatic rings. The van der Waals surface area contributed by atoms with Crippen LogP contribution in [0, 0.1) is 5.92 Å². The van der Waals surface area contributed by atoms with Gasteiger partial charge in [-0.05, 0) is 37.4 Å². The Kier molecular flexibility index (Phi) is 5.22. The standard InChI is InChI=1S/C14H20ClNOS/c15-12-7-4-5-9-14(12)18(17)13-8-3-1-2-6-11(13)10-16/h4-5,7,9,11,13H,1-3,6,8,10,16H2. The van der Waals surface area contributed by atoms with Gasteiger partial charge in [-0.3, -0.25) is 4.21 Å². The second-order valence-electron chi connectivity index (χ2n) is 4.90. The predicted molar refractivity (Wildman–Crippen MR) is 77.3 cm³/mol. The Morgan fingerprint density at radius 2 is 1.94 bits per heavy atom. The van der Waals surface area contributed by atoms with Crippen LogP contribution in [0.1, 0.15) is 32.1 Å². The highest BCUT2D eigenvalue weighted by atomic mass is 35.5. The average molecular weight is 286 g/mol. The molecule has 0 amide bonds. The Hall–Kier alpha value is -0.380. The van der Waals surface area contributed by atoms with Crippen LogP contribution in [0.25, 0.3) is 0 Å². The molecule has 1 aromatic carbocycles. The van der Waals surface area contributed by atoms with Gasteiger partial charge < -0.3 is 5.73 Å². The molecule has 0 aliphatic heterocycles. The largest absolute Gasteiger partial charge is 0.330 e. The Morgan fingerprint density at radius 3 is 2.67 bits per heavy atom. The normalized spacial score (nSPS) is 26.6. The minimum atomic E-state index is -1.03. The molecule has 0 spiro atoms. The lowest BCUT2D eigenvalue weighted by atomic mass is 10.0. The van der Waals surface area contributed by atoms with E-state index in [4.69, 9.17) is 17.3 Å². The summed E-state index contributed by atoms with van der Waals surface area (Å²) >= 11 is 6.15. The number of halogens is 1. The molecule has 2 nitrogen and oxygen atoms in total. The lowest BCUT2D eigenvalue weighted by molar-refractivity contribution is 0.473. The summed E-state index contributed by atoms with van der Waals surface area (Å²) in [6, 6.07) is 7.45. The third-order valence-electron chi connectivity index (χ3n) is 3.72. The number of hydrogen-bond acceptors (Lipinski definition) is 2. The zero-order chi connectivity index (χ0) is 13.0. The first-order valence-corrected chi connectivity index (χ1v) is 8.18. The zero-order valence-corrected chi connectivity index (χ0v) is 12.1. The van der Waals surface area contributed by atoms with E-state index in [1.165, 1.54) is 12.8 Å². The molecule has 2 N–H and O–H groups in total. The molecular formula is C14H20ClNOS. The summed E-state index contributed by atoms with van der Waals surface area (Å²) in [5, 5.41) is 0.772. The van der Waals surface area contributed by atoms with Crippen LogP contribution in [0.4, 0.5) is 0 Å². The summed E-state index contributed by atoms with van der Waals surface area (Å²) in [5.74, 6) is 0.365. The molecule has 3 unspecified atom stereocenters. The van der Waals surface area contributed by atoms with E-state index in [1.54, 1.807) is 0 Å². The Labute approximate surface area is 116 Å². The van der Waals surface area contributed by atoms with E-state index in [0.29, 0.717) is 17.5 Å². The molecule has 1 saturated carbocycles. The van der Waals surface area contributed by atoms with Crippen LogP contribution in [-0.2, 0) is 10.8 Å². The molecule has 1 aliphatic carbocycles. The second kappa shape index (κ2) is 6.69. The fraction of sp³-hybridized carbons (Fsp3) is 0.571. The summed E-state index contributed by atoms with van der Waals surface area (Å²) in [6.45, 7) is 0.626. The SMILES string of the molecule is NCC1CCCCCC1S(=O)c1ccccc1Cl. The third kappa shape index (κ3) is 3.14. The smallest absolute Gasteiger partial charge is 0.0579 e. The average Bonchev–Trinajstić information content (AvgIpc) is 2.63. The van der Waals surface area contributed by atoms with Crippen LogP contribution in [0.3, 0.4) is 0 Å². The minimum Gasteiger partial charge on any atom is -0.330 e. The van der Waals surface area contributed by atoms with Crippen molar-refractivity contribution in [3.63, 3.8) is 0 Å². The van der Waals surface area contributed by atoms with Gasteiger partial charge in [-0.2, -0.15) is 0 Å². The number of nitrogens with two attached hydrogens (primary N) is 1. The number of benzene rings is 1. The van der Waals surface area contributed by atoms with Crippen molar-refractivity contribution in [2.45, 2.75) is 42.2 Å². The molecule has 1 aromatic rings. The molecule has 1 fully saturated rings. The van der Waals surface area contributed by atoms with Gasteiger partial charge in [0.25, 0.3) is 0 Å². The van der Waals surface area contributed by atoms with Gasteiger partial charge >= 0.3 is 0 Å². The summed E-state index contributed by atoms with van der Waals surface area (Å²) < 4.78 is 12.7. The first-order valence-electron chi connectivity index (χ1n) is 6.59. The molecule has 0 bridgehead atoms. The van der Waals surface area contributed by atoms with Crippen LogP contribution in [0.5, 0.6) is 0 Å². The van der Waals surface area contributed by atoms with Crippen molar-refractivity contribution in [2.24, 2.45) is 11.7 Å². The van der Waals surface area contributed by atoms with E-state index >= 15 is 0 Å². The maximum Gasteiger partial charge on any atom is 0.0579 e. The van der Waals surface area contributed by atoms with Crippen molar-refractivity contribution >= 4 is 22.4 Å². The number of rotatable bonds is 3. The van der Waals surface area contributed by atoms with Gasteiger partial charge in [-0.15, -0.1) is 0 Å². The van der Waals surface area contributed by atoms with Gasteiger partial charge in [0.2, 0.25) is 0 Å². The minimum absolute atomic E-state index is 0.164. The summed E-state index contributed by atoms with van der Waals surface area (Å²) in [4.78, 5) is 0.768. The van der Waals surface area contributed by atoms with Crippen molar-refractivity contribution in [2.75, 3.05) is 6.54 Å². The van der Waals surface area contributed by atoms with E-state index in [9.17, 15) is 4.21 Å². The molecule has 2 rings (SSSR count). The first-order chi connectivity index (χ1) is 8.74. The van der Waals surface area contributed by atoms with Crippen LogP contribution >= 0.6 is 11.6 Å². The first kappa shape index (κ1) is 14.0. The lowest BCUT2D eigenvalue weighted by Crippen LogP contribution is -2.30. The summed E-state index contributed by atoms with van der Waals surface area (Å²) in [6.07, 6.45) is 5.68. The maximum absolute atomic E-state index is 12.7. The molecule has 0 aromatic heterocycles. The van der Waals surface area contributed by atoms with Crippen molar-refractivity contribution in [3.05, 3.63) is 29.3 Å². The molecule has 0 heterocycles. The van der Waals surface area contributed by atoms with Gasteiger partial charge in [-0.25, -0.2) is 0 Å². The van der Waals surface area contributed by atoms with Crippen molar-refractivity contribution in [1.82, 2.24) is 0 Å². The van der Waals surface area contributed by atoms with Gasteiger partial charge in [0.05, 0.1) is 20.7 Å². The second-order valence-corrected chi connectivity index (χ2v) is 6.95. The molecule has 100 valence electrons. The number of hydrogen-bond donors (Lipinski definition) is 1. The van der Waals surface area contributed by atoms with Crippen molar-refractivity contribution < 1.29 is 4.21 Å². The Morgan fingerprint density at radius 1 is 1.22 bits per heavy atom. The van der Waals surface area contributed by atoms with Gasteiger partial charge in [0, 0.05) is 5.25 Å². The van der Waals surface area contributed by atoms with E-state index in [1.807, 2.05) is 24.3 Å². The zero-order valence-electron chi connectivity index (χ0n) is 10.5. The quantitative estimate of drug-likeness (QED) is 0.866. The summed E-state index contributed by atoms with van der Waals surface area (Å²) in [7, 11) is -1.03. The highest BCUT2D eigenvalue weighted by molar-refractivity contribution is 7.85. The topological polar surface area (TPSA) is 43.1 Å². The van der Waals surface area contributed by atoms with E-state index in [2.05, 4.69) is 0 Å². The monoisotopic (exact) mass is 285 g/mol. The van der Waals surface area contributed by atoms with Crippen LogP contribution < -0.4 is 5.73 Å². The van der Waals surface area contributed by atoms with E-state index in [0.717, 1.165) is 24.2 Å². The Bertz CT molecular complexity index is 424. The lowest BCUT2D eigenvalue weighted by Gasteiger charge is -2.23. The molecule has 4 heteroatoms. The van der Waals surface area contributed by atoms with Crippen LogP contribution in [0.15, 0.2) is 29.2 Å².